The predicted octanol–water partition coefficient (Wildman–Crippen LogP) is 4.40. The predicted molar refractivity (Wildman–Crippen MR) is 235 cm³/mol. The monoisotopic (exact) mass is 849 g/mol. The van der Waals surface area contributed by atoms with Gasteiger partial charge in [0.1, 0.15) is 18.4 Å². The van der Waals surface area contributed by atoms with Crippen molar-refractivity contribution < 1.29 is 33.4 Å². The number of carbonyl (C=O) groups is 4. The van der Waals surface area contributed by atoms with E-state index in [1.165, 1.54) is 11.7 Å². The van der Waals surface area contributed by atoms with Crippen LogP contribution in [-0.4, -0.2) is 95.8 Å². The number of nitrogens with two attached hydrogens (primary N) is 1. The van der Waals surface area contributed by atoms with Gasteiger partial charge in [-0.1, -0.05) is 37.3 Å². The van der Waals surface area contributed by atoms with Crippen molar-refractivity contribution in [3.63, 3.8) is 0 Å². The Morgan fingerprint density at radius 3 is 2.56 bits per heavy atom. The highest BCUT2D eigenvalue weighted by Gasteiger charge is 2.33. The van der Waals surface area contributed by atoms with E-state index in [1.54, 1.807) is 29.9 Å². The topological polar surface area (TPSA) is 189 Å². The molecule has 2 saturated heterocycles. The second-order valence-corrected chi connectivity index (χ2v) is 17.1. The first-order valence-electron chi connectivity index (χ1n) is 22.0. The largest absolute Gasteiger partial charge is 0.496 e. The highest BCUT2D eigenvalue weighted by molar-refractivity contribution is 6.03. The van der Waals surface area contributed by atoms with Gasteiger partial charge in [-0.25, -0.2) is 9.78 Å². The van der Waals surface area contributed by atoms with Crippen molar-refractivity contribution in [2.75, 3.05) is 47.1 Å². The highest BCUT2D eigenvalue weighted by Crippen LogP contribution is 2.34. The zero-order valence-electron chi connectivity index (χ0n) is 36.3. The van der Waals surface area contributed by atoms with Crippen molar-refractivity contribution >= 4 is 45.4 Å². The molecule has 0 spiro atoms. The molecule has 62 heavy (non-hydrogen) atoms. The number of nitrogens with one attached hydrogen (secondary N) is 2. The number of piperidine rings is 1. The minimum absolute atomic E-state index is 0.0282. The number of aromatic nitrogens is 3. The number of imidazole rings is 1. The van der Waals surface area contributed by atoms with Crippen molar-refractivity contribution in [2.45, 2.75) is 89.6 Å². The van der Waals surface area contributed by atoms with E-state index < -0.39 is 17.9 Å². The van der Waals surface area contributed by atoms with Crippen molar-refractivity contribution in [3.05, 3.63) is 63.7 Å². The Labute approximate surface area is 362 Å². The molecule has 330 valence electrons. The number of rotatable bonds is 17. The van der Waals surface area contributed by atoms with Gasteiger partial charge in [0.05, 0.1) is 35.3 Å². The van der Waals surface area contributed by atoms with Gasteiger partial charge in [-0.2, -0.15) is 0 Å². The summed E-state index contributed by atoms with van der Waals surface area (Å²) in [7, 11) is 5.39. The number of imide groups is 1. The van der Waals surface area contributed by atoms with Crippen molar-refractivity contribution in [2.24, 2.45) is 30.5 Å². The van der Waals surface area contributed by atoms with E-state index >= 15 is 0 Å². The van der Waals surface area contributed by atoms with Crippen LogP contribution in [0, 0.1) is 29.6 Å². The minimum Gasteiger partial charge on any atom is -0.496 e. The Morgan fingerprint density at radius 1 is 1.03 bits per heavy atom. The lowest BCUT2D eigenvalue weighted by atomic mass is 9.82. The number of hydrogen-bond donors (Lipinski definition) is 3. The first kappa shape index (κ1) is 44.3. The highest BCUT2D eigenvalue weighted by atomic mass is 16.5. The van der Waals surface area contributed by atoms with Crippen LogP contribution in [-0.2, 0) is 32.6 Å². The molecule has 2 aromatic carbocycles. The summed E-state index contributed by atoms with van der Waals surface area (Å²) in [6.45, 7) is 5.60. The van der Waals surface area contributed by atoms with Gasteiger partial charge in [0.15, 0.2) is 0 Å². The van der Waals surface area contributed by atoms with E-state index in [0.29, 0.717) is 65.5 Å². The molecule has 1 saturated carbocycles. The molecule has 1 unspecified atom stereocenters. The number of nitrogens with zero attached hydrogens (tertiary/aromatic N) is 4. The smallest absolute Gasteiger partial charge is 0.329 e. The van der Waals surface area contributed by atoms with Crippen LogP contribution in [0.5, 0.6) is 11.6 Å². The molecule has 2 aliphatic heterocycles. The molecule has 15 nitrogen and oxygen atoms in total. The number of benzene rings is 2. The summed E-state index contributed by atoms with van der Waals surface area (Å²) < 4.78 is 20.8. The fraction of sp³-hybridized carbons (Fsp3) is 0.532. The molecule has 4 amide bonds. The molecule has 1 aliphatic carbocycles. The molecular weight excluding hydrogens is 791 g/mol. The van der Waals surface area contributed by atoms with Crippen LogP contribution in [0.25, 0.3) is 21.8 Å². The molecule has 4 N–H and O–H groups in total. The van der Waals surface area contributed by atoms with Gasteiger partial charge >= 0.3 is 5.69 Å². The Kier molecular flexibility index (Phi) is 14.3. The van der Waals surface area contributed by atoms with Crippen LogP contribution in [0.4, 0.5) is 0 Å². The number of carbonyl (C=O) groups excluding carboxylic acids is 4. The summed E-state index contributed by atoms with van der Waals surface area (Å²) in [5.41, 5.74) is 8.96. The second kappa shape index (κ2) is 20.0. The molecule has 3 fully saturated rings. The zero-order chi connectivity index (χ0) is 43.9. The van der Waals surface area contributed by atoms with Crippen LogP contribution >= 0.6 is 0 Å². The number of primary amides is 1. The number of hydrogen-bond acceptors (Lipinski definition) is 10. The van der Waals surface area contributed by atoms with E-state index in [0.717, 1.165) is 75.5 Å². The van der Waals surface area contributed by atoms with Crippen LogP contribution < -0.4 is 31.5 Å². The van der Waals surface area contributed by atoms with E-state index in [1.807, 2.05) is 18.2 Å². The first-order chi connectivity index (χ1) is 29.9. The quantitative estimate of drug-likeness (QED) is 0.0781. The van der Waals surface area contributed by atoms with Gasteiger partial charge in [-0.15, -0.1) is 0 Å². The summed E-state index contributed by atoms with van der Waals surface area (Å²) in [5.74, 6) is 7.32. The third-order valence-electron chi connectivity index (χ3n) is 12.8. The molecule has 0 bridgehead atoms. The Morgan fingerprint density at radius 2 is 1.82 bits per heavy atom. The molecule has 3 aliphatic rings. The van der Waals surface area contributed by atoms with E-state index in [2.05, 4.69) is 46.3 Å². The Hall–Kier alpha value is -5.72. The number of pyridine rings is 1. The maximum atomic E-state index is 13.2. The third kappa shape index (κ3) is 9.98. The maximum Gasteiger partial charge on any atom is 0.329 e. The lowest BCUT2D eigenvalue weighted by molar-refractivity contribution is -0.135. The number of methoxy groups -OCH3 is 1. The third-order valence-corrected chi connectivity index (χ3v) is 12.8. The van der Waals surface area contributed by atoms with E-state index in [4.69, 9.17) is 19.9 Å². The zero-order valence-corrected chi connectivity index (χ0v) is 36.3. The molecule has 7 rings (SSSR count). The molecule has 15 heteroatoms. The molecule has 3 atom stereocenters. The summed E-state index contributed by atoms with van der Waals surface area (Å²) in [5, 5.41) is 6.75. The number of ether oxygens (including phenoxy) is 3. The van der Waals surface area contributed by atoms with E-state index in [9.17, 15) is 24.0 Å². The fourth-order valence-corrected chi connectivity index (χ4v) is 9.41. The number of para-hydroxylation sites is 1. The summed E-state index contributed by atoms with van der Waals surface area (Å²) in [4.78, 5) is 69.0. The molecule has 0 radical (unpaired) electrons. The molecular formula is C47H59N7O8. The lowest BCUT2D eigenvalue weighted by Gasteiger charge is -2.29. The number of aryl methyl sites for hydroxylation is 2. The Balaban J connectivity index is 0.860. The van der Waals surface area contributed by atoms with Crippen LogP contribution in [0.1, 0.15) is 98.7 Å². The molecule has 2 aromatic heterocycles. The average Bonchev–Trinajstić information content (AvgIpc) is 3.76. The first-order valence-corrected chi connectivity index (χ1v) is 22.0. The molecule has 4 aromatic rings. The van der Waals surface area contributed by atoms with Gasteiger partial charge in [0, 0.05) is 69.1 Å². The van der Waals surface area contributed by atoms with Gasteiger partial charge in [-0.05, 0) is 94.0 Å². The second-order valence-electron chi connectivity index (χ2n) is 17.1. The van der Waals surface area contributed by atoms with Crippen molar-refractivity contribution in [3.8, 4) is 23.5 Å². The summed E-state index contributed by atoms with van der Waals surface area (Å²) in [6, 6.07) is 8.42. The van der Waals surface area contributed by atoms with Gasteiger partial charge in [0.25, 0.3) is 5.91 Å². The van der Waals surface area contributed by atoms with E-state index in [-0.39, 0.29) is 54.0 Å². The van der Waals surface area contributed by atoms with Gasteiger partial charge in [-0.3, -0.25) is 33.6 Å². The normalized spacial score (nSPS) is 21.5. The minimum atomic E-state index is -0.700. The maximum absolute atomic E-state index is 13.2. The van der Waals surface area contributed by atoms with Crippen LogP contribution in [0.15, 0.2) is 41.3 Å². The number of fused-ring (bicyclic) bond motifs is 2. The summed E-state index contributed by atoms with van der Waals surface area (Å²) >= 11 is 0. The van der Waals surface area contributed by atoms with Crippen molar-refractivity contribution in [1.29, 1.82) is 0 Å². The standard InChI is InChI=1S/C47H59N7O8/c1-5-31-23-42(56)50-37(31)28-62-46-35-25-40(60-4)36(44(48)57)24-34(35)33(26-49-46)17-16-29-12-14-30(15-13-29)27-52(2)20-8-22-61-21-7-10-32-9-6-11-38-43(32)53(3)47(59)54(38)39-18-19-41(55)51-45(39)58/h6,9,11,24-26,29-31,37,39H,5,7-8,10,12-15,18-23,27-28H2,1-4H3,(H2,48,57)(H,50,56)(H,51,55,58)/t29-,30-,31-,37-,39?/m1/s1. The number of amides is 4. The van der Waals surface area contributed by atoms with Crippen LogP contribution in [0.2, 0.25) is 0 Å². The van der Waals surface area contributed by atoms with Gasteiger partial charge < -0.3 is 30.2 Å². The molecule has 4 heterocycles. The summed E-state index contributed by atoms with van der Waals surface area (Å²) in [6.07, 6.45) is 10.2. The lowest BCUT2D eigenvalue weighted by Crippen LogP contribution is -2.44. The average molecular weight is 850 g/mol. The fourth-order valence-electron chi connectivity index (χ4n) is 9.41. The SMILES string of the molecule is CC[C@@H]1CC(=O)N[C@@H]1COc1ncc(C#C[C@H]2CC[C@H](CN(C)CCCOCCCc3cccc4c3n(C)c(=O)n4C3CCC(=O)NC3=O)CC2)c2cc(C(N)=O)c(OC)cc12. The van der Waals surface area contributed by atoms with Crippen LogP contribution in [0.3, 0.4) is 0 Å². The Bertz CT molecular complexity index is 2440. The van der Waals surface area contributed by atoms with Gasteiger partial charge in [0.2, 0.25) is 23.6 Å². The van der Waals surface area contributed by atoms with Crippen molar-refractivity contribution in [1.82, 2.24) is 29.7 Å².